The van der Waals surface area contributed by atoms with Crippen molar-refractivity contribution < 1.29 is 4.79 Å². The van der Waals surface area contributed by atoms with E-state index in [2.05, 4.69) is 41.1 Å². The minimum atomic E-state index is 0.121. The lowest BCUT2D eigenvalue weighted by Crippen LogP contribution is -2.49. The number of amides is 1. The number of hydrogen-bond acceptors (Lipinski definition) is 2. The van der Waals surface area contributed by atoms with E-state index in [-0.39, 0.29) is 5.91 Å². The van der Waals surface area contributed by atoms with Crippen LogP contribution in [0.1, 0.15) is 15.9 Å². The molecule has 1 aliphatic rings. The maximum atomic E-state index is 12.8. The lowest BCUT2D eigenvalue weighted by atomic mass is 10.1. The summed E-state index contributed by atoms with van der Waals surface area (Å²) in [6, 6.07) is 16.3. The van der Waals surface area contributed by atoms with Gasteiger partial charge >= 0.3 is 0 Å². The normalized spacial score (nSPS) is 15.0. The van der Waals surface area contributed by atoms with Crippen LogP contribution in [0.3, 0.4) is 0 Å². The molecule has 0 unspecified atom stereocenters. The second-order valence-corrected chi connectivity index (χ2v) is 6.35. The van der Waals surface area contributed by atoms with Crippen LogP contribution in [-0.2, 0) is 0 Å². The van der Waals surface area contributed by atoms with E-state index in [0.717, 1.165) is 42.6 Å². The zero-order valence-corrected chi connectivity index (χ0v) is 13.8. The molecule has 0 spiro atoms. The molecule has 24 heavy (non-hydrogen) atoms. The molecule has 0 bridgehead atoms. The SMILES string of the molecule is Cc1ccccc1N1CCN(C(=O)c2ccc3cc[nH]c3c2)CC1. The Hall–Kier alpha value is -2.75. The third-order valence-electron chi connectivity index (χ3n) is 4.82. The number of aromatic amines is 1. The first-order valence-corrected chi connectivity index (χ1v) is 8.39. The van der Waals surface area contributed by atoms with E-state index in [1.165, 1.54) is 11.3 Å². The Bertz CT molecular complexity index is 875. The van der Waals surface area contributed by atoms with Gasteiger partial charge in [0, 0.05) is 49.1 Å². The lowest BCUT2D eigenvalue weighted by molar-refractivity contribution is 0.0747. The Morgan fingerprint density at radius 3 is 2.58 bits per heavy atom. The third kappa shape index (κ3) is 2.64. The number of rotatable bonds is 2. The minimum absolute atomic E-state index is 0.121. The van der Waals surface area contributed by atoms with Crippen molar-refractivity contribution in [3.8, 4) is 0 Å². The molecule has 0 radical (unpaired) electrons. The van der Waals surface area contributed by atoms with Gasteiger partial charge in [0.2, 0.25) is 0 Å². The number of hydrogen-bond donors (Lipinski definition) is 1. The first kappa shape index (κ1) is 14.8. The highest BCUT2D eigenvalue weighted by Crippen LogP contribution is 2.22. The highest BCUT2D eigenvalue weighted by molar-refractivity contribution is 5.98. The highest BCUT2D eigenvalue weighted by Gasteiger charge is 2.23. The molecule has 0 saturated carbocycles. The predicted molar refractivity (Wildman–Crippen MR) is 97.6 cm³/mol. The first-order chi connectivity index (χ1) is 11.7. The van der Waals surface area contributed by atoms with E-state index in [9.17, 15) is 4.79 Å². The molecule has 0 atom stereocenters. The van der Waals surface area contributed by atoms with Crippen molar-refractivity contribution in [2.45, 2.75) is 6.92 Å². The number of aromatic nitrogens is 1. The molecule has 4 heteroatoms. The molecule has 1 aliphatic heterocycles. The molecule has 1 saturated heterocycles. The standard InChI is InChI=1S/C20H21N3O/c1-15-4-2-3-5-19(15)22-10-12-23(13-11-22)20(24)17-7-6-16-8-9-21-18(16)14-17/h2-9,14,21H,10-13H2,1H3. The van der Waals surface area contributed by atoms with Crippen LogP contribution in [0.15, 0.2) is 54.7 Å². The second kappa shape index (κ2) is 6.04. The smallest absolute Gasteiger partial charge is 0.254 e. The summed E-state index contributed by atoms with van der Waals surface area (Å²) in [6.07, 6.45) is 1.90. The van der Waals surface area contributed by atoms with E-state index in [4.69, 9.17) is 0 Å². The Morgan fingerprint density at radius 2 is 1.79 bits per heavy atom. The number of para-hydroxylation sites is 1. The number of anilines is 1. The van der Waals surface area contributed by atoms with Crippen LogP contribution in [0.2, 0.25) is 0 Å². The summed E-state index contributed by atoms with van der Waals surface area (Å²) >= 11 is 0. The van der Waals surface area contributed by atoms with E-state index >= 15 is 0 Å². The van der Waals surface area contributed by atoms with Gasteiger partial charge in [0.1, 0.15) is 0 Å². The highest BCUT2D eigenvalue weighted by atomic mass is 16.2. The summed E-state index contributed by atoms with van der Waals surface area (Å²) in [7, 11) is 0. The molecule has 4 nitrogen and oxygen atoms in total. The van der Waals surface area contributed by atoms with Crippen molar-refractivity contribution >= 4 is 22.5 Å². The quantitative estimate of drug-likeness (QED) is 0.786. The fraction of sp³-hybridized carbons (Fsp3) is 0.250. The topological polar surface area (TPSA) is 39.3 Å². The van der Waals surface area contributed by atoms with Crippen molar-refractivity contribution in [3.05, 3.63) is 65.9 Å². The van der Waals surface area contributed by atoms with Gasteiger partial charge in [-0.15, -0.1) is 0 Å². The first-order valence-electron chi connectivity index (χ1n) is 8.39. The lowest BCUT2D eigenvalue weighted by Gasteiger charge is -2.36. The van der Waals surface area contributed by atoms with E-state index in [1.54, 1.807) is 0 Å². The van der Waals surface area contributed by atoms with Crippen LogP contribution < -0.4 is 4.90 Å². The summed E-state index contributed by atoms with van der Waals surface area (Å²) in [5, 5.41) is 1.14. The number of piperazine rings is 1. The Morgan fingerprint density at radius 1 is 1.00 bits per heavy atom. The van der Waals surface area contributed by atoms with Crippen molar-refractivity contribution in [3.63, 3.8) is 0 Å². The fourth-order valence-electron chi connectivity index (χ4n) is 3.43. The van der Waals surface area contributed by atoms with Crippen LogP contribution in [0.4, 0.5) is 5.69 Å². The Balaban J connectivity index is 1.47. The molecular formula is C20H21N3O. The fourth-order valence-corrected chi connectivity index (χ4v) is 3.43. The van der Waals surface area contributed by atoms with Crippen molar-refractivity contribution in [1.29, 1.82) is 0 Å². The summed E-state index contributed by atoms with van der Waals surface area (Å²) < 4.78 is 0. The van der Waals surface area contributed by atoms with Crippen LogP contribution in [0.25, 0.3) is 10.9 Å². The second-order valence-electron chi connectivity index (χ2n) is 6.35. The largest absolute Gasteiger partial charge is 0.368 e. The molecule has 4 rings (SSSR count). The predicted octanol–water partition coefficient (Wildman–Crippen LogP) is 3.44. The van der Waals surface area contributed by atoms with Gasteiger partial charge in [-0.2, -0.15) is 0 Å². The molecule has 1 N–H and O–H groups in total. The maximum absolute atomic E-state index is 12.8. The van der Waals surface area contributed by atoms with Gasteiger partial charge in [-0.1, -0.05) is 24.3 Å². The van der Waals surface area contributed by atoms with Crippen LogP contribution >= 0.6 is 0 Å². The van der Waals surface area contributed by atoms with Crippen LogP contribution in [-0.4, -0.2) is 42.0 Å². The van der Waals surface area contributed by atoms with Gasteiger partial charge in [0.25, 0.3) is 5.91 Å². The number of nitrogens with one attached hydrogen (secondary N) is 1. The molecule has 1 amide bonds. The number of aryl methyl sites for hydroxylation is 1. The summed E-state index contributed by atoms with van der Waals surface area (Å²) in [5.41, 5.74) is 4.33. The molecule has 2 heterocycles. The van der Waals surface area contributed by atoms with Gasteiger partial charge in [0.15, 0.2) is 0 Å². The monoisotopic (exact) mass is 319 g/mol. The van der Waals surface area contributed by atoms with Crippen molar-refractivity contribution in [1.82, 2.24) is 9.88 Å². The minimum Gasteiger partial charge on any atom is -0.368 e. The number of benzene rings is 2. The zero-order valence-electron chi connectivity index (χ0n) is 13.8. The Labute approximate surface area is 141 Å². The zero-order chi connectivity index (χ0) is 16.5. The number of fused-ring (bicyclic) bond motifs is 1. The molecule has 1 fully saturated rings. The summed E-state index contributed by atoms with van der Waals surface area (Å²) in [5.74, 6) is 0.121. The molecular weight excluding hydrogens is 298 g/mol. The third-order valence-corrected chi connectivity index (χ3v) is 4.82. The van der Waals surface area contributed by atoms with Crippen LogP contribution in [0, 0.1) is 6.92 Å². The van der Waals surface area contributed by atoms with E-state index in [1.807, 2.05) is 35.4 Å². The van der Waals surface area contributed by atoms with E-state index < -0.39 is 0 Å². The summed E-state index contributed by atoms with van der Waals surface area (Å²) in [6.45, 7) is 5.41. The van der Waals surface area contributed by atoms with Gasteiger partial charge < -0.3 is 14.8 Å². The molecule has 1 aromatic heterocycles. The molecule has 122 valence electrons. The average Bonchev–Trinajstić information content (AvgIpc) is 3.09. The number of carbonyl (C=O) groups is 1. The number of H-pyrrole nitrogens is 1. The summed E-state index contributed by atoms with van der Waals surface area (Å²) in [4.78, 5) is 20.3. The van der Waals surface area contributed by atoms with Gasteiger partial charge in [-0.05, 0) is 42.1 Å². The molecule has 0 aliphatic carbocycles. The number of carbonyl (C=O) groups excluding carboxylic acids is 1. The number of nitrogens with zero attached hydrogens (tertiary/aromatic N) is 2. The molecule has 3 aromatic rings. The van der Waals surface area contributed by atoms with E-state index in [0.29, 0.717) is 0 Å². The average molecular weight is 319 g/mol. The van der Waals surface area contributed by atoms with Crippen molar-refractivity contribution in [2.24, 2.45) is 0 Å². The Kier molecular flexibility index (Phi) is 3.73. The van der Waals surface area contributed by atoms with Gasteiger partial charge in [-0.25, -0.2) is 0 Å². The van der Waals surface area contributed by atoms with Crippen molar-refractivity contribution in [2.75, 3.05) is 31.1 Å². The van der Waals surface area contributed by atoms with Crippen LogP contribution in [0.5, 0.6) is 0 Å². The van der Waals surface area contributed by atoms with Gasteiger partial charge in [-0.3, -0.25) is 4.79 Å². The maximum Gasteiger partial charge on any atom is 0.254 e. The molecule has 2 aromatic carbocycles. The van der Waals surface area contributed by atoms with Gasteiger partial charge in [0.05, 0.1) is 0 Å².